The molecule has 0 amide bonds. The molecule has 0 saturated heterocycles. The minimum Gasteiger partial charge on any atom is -0.380 e. The maximum absolute atomic E-state index is 5.98. The predicted octanol–water partition coefficient (Wildman–Crippen LogP) is 5.77. The van der Waals surface area contributed by atoms with E-state index in [1.165, 1.54) is 0 Å². The van der Waals surface area contributed by atoms with Gasteiger partial charge in [0.2, 0.25) is 0 Å². The Balaban J connectivity index is 2.22. The summed E-state index contributed by atoms with van der Waals surface area (Å²) < 4.78 is 7.21. The molecule has 0 aliphatic rings. The molecule has 1 aromatic heterocycles. The molecule has 2 N–H and O–H groups in total. The van der Waals surface area contributed by atoms with Crippen molar-refractivity contribution in [3.05, 3.63) is 56.4 Å². The molecule has 2 aromatic carbocycles. The van der Waals surface area contributed by atoms with Gasteiger partial charge in [0, 0.05) is 19.5 Å². The van der Waals surface area contributed by atoms with Crippen LogP contribution in [-0.2, 0) is 0 Å². The number of nitrogen functional groups attached to an aromatic ring is 1. The molecule has 0 aliphatic carbocycles. The van der Waals surface area contributed by atoms with Crippen LogP contribution >= 0.6 is 43.5 Å². The Kier molecular flexibility index (Phi) is 4.06. The first kappa shape index (κ1) is 14.6. The summed E-state index contributed by atoms with van der Waals surface area (Å²) in [5, 5.41) is 4.54. The summed E-state index contributed by atoms with van der Waals surface area (Å²) in [6.07, 6.45) is 0. The summed E-state index contributed by atoms with van der Waals surface area (Å²) in [5.41, 5.74) is 8.52. The van der Waals surface area contributed by atoms with Crippen molar-refractivity contribution < 1.29 is 4.52 Å². The fraction of sp³-hybridized carbons (Fsp3) is 0. The Labute approximate surface area is 143 Å². The van der Waals surface area contributed by atoms with Crippen molar-refractivity contribution in [1.29, 1.82) is 0 Å². The zero-order valence-electron chi connectivity index (χ0n) is 10.6. The Bertz CT molecular complexity index is 817. The maximum Gasteiger partial charge on any atom is 0.178 e. The van der Waals surface area contributed by atoms with E-state index >= 15 is 0 Å². The summed E-state index contributed by atoms with van der Waals surface area (Å²) >= 11 is 12.9. The number of anilines is 1. The first-order chi connectivity index (χ1) is 10.1. The van der Waals surface area contributed by atoms with Crippen molar-refractivity contribution in [3.63, 3.8) is 0 Å². The summed E-state index contributed by atoms with van der Waals surface area (Å²) in [7, 11) is 0. The van der Waals surface area contributed by atoms with Crippen LogP contribution in [0.3, 0.4) is 0 Å². The monoisotopic (exact) mass is 426 g/mol. The second-order valence-electron chi connectivity index (χ2n) is 4.41. The topological polar surface area (TPSA) is 52.0 Å². The molecule has 0 bridgehead atoms. The number of hydrogen-bond donors (Lipinski definition) is 1. The Hall–Kier alpha value is -1.30. The van der Waals surface area contributed by atoms with Gasteiger partial charge < -0.3 is 10.3 Å². The van der Waals surface area contributed by atoms with Crippen LogP contribution in [-0.4, -0.2) is 5.16 Å². The molecule has 0 spiro atoms. The molecule has 0 fully saturated rings. The molecule has 0 radical (unpaired) electrons. The quantitative estimate of drug-likeness (QED) is 0.564. The number of halogens is 3. The molecule has 0 aliphatic heterocycles. The molecule has 0 atom stereocenters. The first-order valence-electron chi connectivity index (χ1n) is 6.03. The van der Waals surface area contributed by atoms with Gasteiger partial charge in [-0.15, -0.1) is 0 Å². The van der Waals surface area contributed by atoms with Crippen molar-refractivity contribution in [1.82, 2.24) is 5.16 Å². The summed E-state index contributed by atoms with van der Waals surface area (Å²) in [5.74, 6) is 0.957. The average molecular weight is 429 g/mol. The molecular weight excluding hydrogens is 419 g/mol. The van der Waals surface area contributed by atoms with Gasteiger partial charge in [-0.05, 0) is 51.8 Å². The van der Waals surface area contributed by atoms with Crippen LogP contribution in [0.1, 0.15) is 0 Å². The third kappa shape index (κ3) is 2.86. The second-order valence-corrected chi connectivity index (χ2v) is 6.61. The molecule has 1 heterocycles. The van der Waals surface area contributed by atoms with E-state index in [1.54, 1.807) is 12.1 Å². The predicted molar refractivity (Wildman–Crippen MR) is 92.2 cm³/mol. The van der Waals surface area contributed by atoms with E-state index in [0.717, 1.165) is 25.6 Å². The van der Waals surface area contributed by atoms with E-state index in [2.05, 4.69) is 37.0 Å². The van der Waals surface area contributed by atoms with Gasteiger partial charge in [-0.1, -0.05) is 44.8 Å². The van der Waals surface area contributed by atoms with Crippen molar-refractivity contribution >= 4 is 49.3 Å². The highest BCUT2D eigenvalue weighted by molar-refractivity contribution is 9.10. The lowest BCUT2D eigenvalue weighted by Gasteiger charge is -2.05. The Morgan fingerprint density at radius 1 is 1.10 bits per heavy atom. The van der Waals surface area contributed by atoms with Crippen LogP contribution in [0.4, 0.5) is 5.82 Å². The highest BCUT2D eigenvalue weighted by Gasteiger charge is 2.19. The third-order valence-corrected chi connectivity index (χ3v) is 4.39. The normalized spacial score (nSPS) is 10.8. The lowest BCUT2D eigenvalue weighted by molar-refractivity contribution is 0.436. The SMILES string of the molecule is Nc1noc(-c2ccc(Cl)cc2Br)c1-c1cccc(Br)c1. The van der Waals surface area contributed by atoms with Gasteiger partial charge >= 0.3 is 0 Å². The zero-order chi connectivity index (χ0) is 15.0. The minimum absolute atomic E-state index is 0.352. The number of benzene rings is 2. The zero-order valence-corrected chi connectivity index (χ0v) is 14.5. The van der Waals surface area contributed by atoms with Gasteiger partial charge in [-0.2, -0.15) is 0 Å². The average Bonchev–Trinajstić information content (AvgIpc) is 2.80. The molecule has 21 heavy (non-hydrogen) atoms. The van der Waals surface area contributed by atoms with Crippen molar-refractivity contribution in [2.45, 2.75) is 0 Å². The van der Waals surface area contributed by atoms with Crippen molar-refractivity contribution in [3.8, 4) is 22.5 Å². The van der Waals surface area contributed by atoms with E-state index in [0.29, 0.717) is 16.6 Å². The van der Waals surface area contributed by atoms with E-state index in [-0.39, 0.29) is 0 Å². The largest absolute Gasteiger partial charge is 0.380 e. The minimum atomic E-state index is 0.352. The second kappa shape index (κ2) is 5.83. The lowest BCUT2D eigenvalue weighted by Crippen LogP contribution is -1.89. The van der Waals surface area contributed by atoms with E-state index < -0.39 is 0 Å². The van der Waals surface area contributed by atoms with Gasteiger partial charge in [0.05, 0.1) is 5.56 Å². The van der Waals surface area contributed by atoms with Crippen molar-refractivity contribution in [2.75, 3.05) is 5.73 Å². The molecule has 106 valence electrons. The van der Waals surface area contributed by atoms with Crippen molar-refractivity contribution in [2.24, 2.45) is 0 Å². The molecule has 0 saturated carbocycles. The molecular formula is C15H9Br2ClN2O. The Morgan fingerprint density at radius 2 is 1.90 bits per heavy atom. The first-order valence-corrected chi connectivity index (χ1v) is 7.99. The summed E-state index contributed by atoms with van der Waals surface area (Å²) in [6, 6.07) is 13.3. The molecule has 0 unspecified atom stereocenters. The standard InChI is InChI=1S/C15H9Br2ClN2O/c16-9-3-1-2-8(6-9)13-14(21-20-15(13)19)11-5-4-10(18)7-12(11)17/h1-7H,(H2,19,20). The van der Waals surface area contributed by atoms with Crippen LogP contribution in [0.15, 0.2) is 55.9 Å². The number of rotatable bonds is 2. The summed E-state index contributed by atoms with van der Waals surface area (Å²) in [4.78, 5) is 0. The van der Waals surface area contributed by atoms with Gasteiger partial charge in [-0.25, -0.2) is 0 Å². The Morgan fingerprint density at radius 3 is 2.62 bits per heavy atom. The fourth-order valence-electron chi connectivity index (χ4n) is 2.08. The molecule has 6 heteroatoms. The van der Waals surface area contributed by atoms with Crippen LogP contribution in [0, 0.1) is 0 Å². The van der Waals surface area contributed by atoms with Gasteiger partial charge in [0.1, 0.15) is 0 Å². The number of nitrogens with zero attached hydrogens (tertiary/aromatic N) is 1. The van der Waals surface area contributed by atoms with Gasteiger partial charge in [-0.3, -0.25) is 0 Å². The highest BCUT2D eigenvalue weighted by atomic mass is 79.9. The smallest absolute Gasteiger partial charge is 0.178 e. The number of aromatic nitrogens is 1. The van der Waals surface area contributed by atoms with E-state index in [9.17, 15) is 0 Å². The van der Waals surface area contributed by atoms with Gasteiger partial charge in [0.25, 0.3) is 0 Å². The molecule has 3 aromatic rings. The van der Waals surface area contributed by atoms with Gasteiger partial charge in [0.15, 0.2) is 11.6 Å². The molecule has 3 rings (SSSR count). The molecule has 3 nitrogen and oxygen atoms in total. The summed E-state index contributed by atoms with van der Waals surface area (Å²) in [6.45, 7) is 0. The lowest BCUT2D eigenvalue weighted by atomic mass is 10.0. The maximum atomic E-state index is 5.98. The van der Waals surface area contributed by atoms with Crippen LogP contribution in [0.25, 0.3) is 22.5 Å². The van der Waals surface area contributed by atoms with Crippen LogP contribution in [0.2, 0.25) is 5.02 Å². The van der Waals surface area contributed by atoms with Crippen LogP contribution < -0.4 is 5.73 Å². The number of hydrogen-bond acceptors (Lipinski definition) is 3. The highest BCUT2D eigenvalue weighted by Crippen LogP contribution is 2.40. The fourth-order valence-corrected chi connectivity index (χ4v) is 3.34. The number of nitrogens with two attached hydrogens (primary N) is 1. The van der Waals surface area contributed by atoms with E-state index in [1.807, 2.05) is 30.3 Å². The van der Waals surface area contributed by atoms with E-state index in [4.69, 9.17) is 21.9 Å². The van der Waals surface area contributed by atoms with Crippen LogP contribution in [0.5, 0.6) is 0 Å². The third-order valence-electron chi connectivity index (χ3n) is 3.01.